The molecule has 0 aliphatic carbocycles. The Labute approximate surface area is 144 Å². The van der Waals surface area contributed by atoms with E-state index in [-0.39, 0.29) is 18.4 Å². The minimum Gasteiger partial charge on any atom is -0.386 e. The van der Waals surface area contributed by atoms with Gasteiger partial charge in [-0.3, -0.25) is 9.78 Å². The first-order chi connectivity index (χ1) is 11.5. The summed E-state index contributed by atoms with van der Waals surface area (Å²) in [6, 6.07) is 0. The maximum absolute atomic E-state index is 12.4. The third-order valence-electron chi connectivity index (χ3n) is 4.05. The van der Waals surface area contributed by atoms with Crippen LogP contribution in [0.3, 0.4) is 0 Å². The van der Waals surface area contributed by atoms with E-state index in [9.17, 15) is 9.90 Å². The van der Waals surface area contributed by atoms with E-state index in [1.165, 1.54) is 0 Å². The molecular formula is C15H20N6O2S. The number of hydrogen-bond donors (Lipinski definition) is 2. The predicted molar refractivity (Wildman–Crippen MR) is 90.1 cm³/mol. The maximum Gasteiger partial charge on any atom is 0.265 e. The standard InChI is InChI=1S/C15H20N6O2S/c1-10(2)12-13(24-20-19-12)14(22)18-8-15(23)3-6-21(9-15)11-7-16-4-5-17-11/h4-5,7,10,23H,3,6,8-9H2,1-2H3,(H,18,22)/t15-/m1/s1. The Bertz CT molecular complexity index is 707. The van der Waals surface area contributed by atoms with Crippen LogP contribution in [0, 0.1) is 0 Å². The minimum atomic E-state index is -0.983. The molecule has 2 aromatic heterocycles. The summed E-state index contributed by atoms with van der Waals surface area (Å²) in [5.41, 5.74) is -0.291. The Morgan fingerprint density at radius 3 is 3.04 bits per heavy atom. The summed E-state index contributed by atoms with van der Waals surface area (Å²) in [6.45, 7) is 5.19. The highest BCUT2D eigenvalue weighted by molar-refractivity contribution is 7.08. The van der Waals surface area contributed by atoms with Gasteiger partial charge in [0.05, 0.1) is 11.9 Å². The lowest BCUT2D eigenvalue weighted by Gasteiger charge is -2.24. The number of aliphatic hydroxyl groups is 1. The summed E-state index contributed by atoms with van der Waals surface area (Å²) < 4.78 is 3.86. The zero-order valence-electron chi connectivity index (χ0n) is 13.6. The molecule has 1 atom stereocenters. The molecule has 1 saturated heterocycles. The van der Waals surface area contributed by atoms with Gasteiger partial charge in [-0.15, -0.1) is 5.10 Å². The van der Waals surface area contributed by atoms with Gasteiger partial charge in [0, 0.05) is 32.0 Å². The monoisotopic (exact) mass is 348 g/mol. The van der Waals surface area contributed by atoms with Crippen molar-refractivity contribution in [2.75, 3.05) is 24.5 Å². The van der Waals surface area contributed by atoms with Crippen LogP contribution < -0.4 is 10.2 Å². The highest BCUT2D eigenvalue weighted by atomic mass is 32.1. The van der Waals surface area contributed by atoms with E-state index < -0.39 is 5.60 Å². The van der Waals surface area contributed by atoms with Crippen molar-refractivity contribution < 1.29 is 9.90 Å². The molecule has 2 aromatic rings. The quantitative estimate of drug-likeness (QED) is 0.824. The van der Waals surface area contributed by atoms with Gasteiger partial charge in [-0.1, -0.05) is 18.3 Å². The summed E-state index contributed by atoms with van der Waals surface area (Å²) in [4.78, 5) is 23.1. The van der Waals surface area contributed by atoms with E-state index in [1.54, 1.807) is 18.6 Å². The SMILES string of the molecule is CC(C)c1nnsc1C(=O)NC[C@]1(O)CCN(c2cnccn2)C1. The molecule has 0 bridgehead atoms. The second-order valence-electron chi connectivity index (χ2n) is 6.28. The van der Waals surface area contributed by atoms with E-state index in [1.807, 2.05) is 18.7 Å². The Morgan fingerprint density at radius 1 is 1.50 bits per heavy atom. The number of rotatable bonds is 5. The molecule has 0 radical (unpaired) electrons. The third kappa shape index (κ3) is 3.51. The van der Waals surface area contributed by atoms with Gasteiger partial charge in [0.1, 0.15) is 16.3 Å². The largest absolute Gasteiger partial charge is 0.386 e. The Morgan fingerprint density at radius 2 is 2.33 bits per heavy atom. The van der Waals surface area contributed by atoms with Crippen molar-refractivity contribution in [2.45, 2.75) is 31.8 Å². The first kappa shape index (κ1) is 16.7. The van der Waals surface area contributed by atoms with Gasteiger partial charge < -0.3 is 15.3 Å². The Kier molecular flexibility index (Phi) is 4.72. The van der Waals surface area contributed by atoms with E-state index in [0.717, 1.165) is 17.4 Å². The average Bonchev–Trinajstić information content (AvgIpc) is 3.21. The molecule has 1 aliphatic rings. The molecule has 3 rings (SSSR count). The van der Waals surface area contributed by atoms with Crippen LogP contribution >= 0.6 is 11.5 Å². The lowest BCUT2D eigenvalue weighted by atomic mass is 10.0. The van der Waals surface area contributed by atoms with Crippen LogP contribution in [-0.4, -0.2) is 55.8 Å². The highest BCUT2D eigenvalue weighted by Gasteiger charge is 2.37. The van der Waals surface area contributed by atoms with Gasteiger partial charge in [-0.2, -0.15) is 0 Å². The lowest BCUT2D eigenvalue weighted by Crippen LogP contribution is -2.45. The number of carbonyl (C=O) groups excluding carboxylic acids is 1. The summed E-state index contributed by atoms with van der Waals surface area (Å²) in [7, 11) is 0. The van der Waals surface area contributed by atoms with Crippen molar-refractivity contribution >= 4 is 23.3 Å². The zero-order valence-corrected chi connectivity index (χ0v) is 14.5. The van der Waals surface area contributed by atoms with E-state index >= 15 is 0 Å². The van der Waals surface area contributed by atoms with Gasteiger partial charge in [0.2, 0.25) is 0 Å². The second kappa shape index (κ2) is 6.78. The number of aromatic nitrogens is 4. The van der Waals surface area contributed by atoms with Crippen LogP contribution in [0.4, 0.5) is 5.82 Å². The molecule has 1 amide bonds. The van der Waals surface area contributed by atoms with Gasteiger partial charge in [0.25, 0.3) is 5.91 Å². The number of carbonyl (C=O) groups is 1. The zero-order chi connectivity index (χ0) is 17.2. The van der Waals surface area contributed by atoms with Crippen LogP contribution in [0.2, 0.25) is 0 Å². The van der Waals surface area contributed by atoms with Gasteiger partial charge in [-0.05, 0) is 23.9 Å². The molecular weight excluding hydrogens is 328 g/mol. The minimum absolute atomic E-state index is 0.131. The number of hydrogen-bond acceptors (Lipinski definition) is 8. The number of anilines is 1. The van der Waals surface area contributed by atoms with Crippen molar-refractivity contribution in [3.63, 3.8) is 0 Å². The molecule has 3 heterocycles. The lowest BCUT2D eigenvalue weighted by molar-refractivity contribution is 0.0576. The van der Waals surface area contributed by atoms with Gasteiger partial charge in [0.15, 0.2) is 0 Å². The van der Waals surface area contributed by atoms with Crippen LogP contribution in [0.5, 0.6) is 0 Å². The molecule has 9 heteroatoms. The number of nitrogens with zero attached hydrogens (tertiary/aromatic N) is 5. The van der Waals surface area contributed by atoms with Crippen molar-refractivity contribution in [3.05, 3.63) is 29.2 Å². The molecule has 0 aromatic carbocycles. The summed E-state index contributed by atoms with van der Waals surface area (Å²) >= 11 is 1.08. The van der Waals surface area contributed by atoms with Gasteiger partial charge in [-0.25, -0.2) is 4.98 Å². The predicted octanol–water partition coefficient (Wildman–Crippen LogP) is 0.823. The van der Waals surface area contributed by atoms with E-state index in [2.05, 4.69) is 24.9 Å². The fraction of sp³-hybridized carbons (Fsp3) is 0.533. The van der Waals surface area contributed by atoms with Crippen molar-refractivity contribution in [1.29, 1.82) is 0 Å². The maximum atomic E-state index is 12.4. The molecule has 0 spiro atoms. The van der Waals surface area contributed by atoms with Crippen LogP contribution in [0.1, 0.15) is 41.6 Å². The van der Waals surface area contributed by atoms with Crippen molar-refractivity contribution in [1.82, 2.24) is 24.9 Å². The Hall–Kier alpha value is -2.13. The van der Waals surface area contributed by atoms with Crippen LogP contribution in [-0.2, 0) is 0 Å². The molecule has 1 fully saturated rings. The average molecular weight is 348 g/mol. The molecule has 8 nitrogen and oxygen atoms in total. The number of β-amino-alcohol motifs (C(OH)–C–C–N with tert-alkyl or cyclic N) is 1. The molecule has 24 heavy (non-hydrogen) atoms. The molecule has 0 saturated carbocycles. The molecule has 1 aliphatic heterocycles. The summed E-state index contributed by atoms with van der Waals surface area (Å²) in [6.07, 6.45) is 5.46. The highest BCUT2D eigenvalue weighted by Crippen LogP contribution is 2.25. The molecule has 128 valence electrons. The smallest absolute Gasteiger partial charge is 0.265 e. The van der Waals surface area contributed by atoms with Crippen molar-refractivity contribution in [2.24, 2.45) is 0 Å². The number of nitrogens with one attached hydrogen (secondary N) is 1. The fourth-order valence-electron chi connectivity index (χ4n) is 2.71. The molecule has 0 unspecified atom stereocenters. The first-order valence-electron chi connectivity index (χ1n) is 7.82. The van der Waals surface area contributed by atoms with Gasteiger partial charge >= 0.3 is 0 Å². The van der Waals surface area contributed by atoms with E-state index in [0.29, 0.717) is 30.1 Å². The molecule has 2 N–H and O–H groups in total. The van der Waals surface area contributed by atoms with Crippen LogP contribution in [0.25, 0.3) is 0 Å². The number of amides is 1. The van der Waals surface area contributed by atoms with Crippen molar-refractivity contribution in [3.8, 4) is 0 Å². The normalized spacial score (nSPS) is 20.6. The first-order valence-corrected chi connectivity index (χ1v) is 8.60. The topological polar surface area (TPSA) is 104 Å². The second-order valence-corrected chi connectivity index (χ2v) is 7.04. The summed E-state index contributed by atoms with van der Waals surface area (Å²) in [5.74, 6) is 0.625. The summed E-state index contributed by atoms with van der Waals surface area (Å²) in [5, 5.41) is 17.5. The van der Waals surface area contributed by atoms with E-state index in [4.69, 9.17) is 0 Å². The Balaban J connectivity index is 1.60. The van der Waals surface area contributed by atoms with Crippen LogP contribution in [0.15, 0.2) is 18.6 Å². The third-order valence-corrected chi connectivity index (χ3v) is 4.79. The fourth-order valence-corrected chi connectivity index (χ4v) is 3.44.